The third-order valence-corrected chi connectivity index (χ3v) is 5.07. The third kappa shape index (κ3) is 4.72. The summed E-state index contributed by atoms with van der Waals surface area (Å²) in [5.41, 5.74) is 4.24. The summed E-state index contributed by atoms with van der Waals surface area (Å²) in [7, 11) is 1.56. The maximum atomic E-state index is 12.9. The largest absolute Gasteiger partial charge is 0.383 e. The number of aromatic nitrogens is 1. The van der Waals surface area contributed by atoms with Crippen LogP contribution in [0.5, 0.6) is 0 Å². The molecular weight excluding hydrogens is 402 g/mol. The number of nitrogens with zero attached hydrogens (tertiary/aromatic N) is 1. The summed E-state index contributed by atoms with van der Waals surface area (Å²) in [6, 6.07) is 16.6. The zero-order valence-corrected chi connectivity index (χ0v) is 17.9. The highest BCUT2D eigenvalue weighted by atomic mass is 35.5. The van der Waals surface area contributed by atoms with E-state index in [1.54, 1.807) is 25.3 Å². The van der Waals surface area contributed by atoms with Crippen LogP contribution in [-0.4, -0.2) is 36.6 Å². The van der Waals surface area contributed by atoms with Crippen LogP contribution in [0, 0.1) is 13.8 Å². The van der Waals surface area contributed by atoms with E-state index in [4.69, 9.17) is 16.3 Å². The molecule has 0 aliphatic carbocycles. The van der Waals surface area contributed by atoms with Gasteiger partial charge in [-0.05, 0) is 50.2 Å². The Balaban J connectivity index is 1.77. The van der Waals surface area contributed by atoms with Gasteiger partial charge in [0.05, 0.1) is 22.8 Å². The Morgan fingerprint density at radius 1 is 1.00 bits per heavy atom. The number of para-hydroxylation sites is 1. The summed E-state index contributed by atoms with van der Waals surface area (Å²) in [6.45, 7) is 4.68. The zero-order chi connectivity index (χ0) is 21.7. The number of anilines is 1. The molecule has 2 amide bonds. The van der Waals surface area contributed by atoms with Crippen LogP contribution in [0.4, 0.5) is 5.69 Å². The van der Waals surface area contributed by atoms with E-state index in [9.17, 15) is 9.59 Å². The van der Waals surface area contributed by atoms with Crippen molar-refractivity contribution in [3.05, 3.63) is 82.1 Å². The molecule has 7 heteroatoms. The SMILES string of the molecule is COCCNC(=O)c1ccc(NC(=O)c2cc(C)n(-c3ccccc3)c2C)cc1Cl. The highest BCUT2D eigenvalue weighted by Crippen LogP contribution is 2.24. The fourth-order valence-electron chi connectivity index (χ4n) is 3.30. The van der Waals surface area contributed by atoms with E-state index in [1.165, 1.54) is 0 Å². The lowest BCUT2D eigenvalue weighted by Gasteiger charge is -2.11. The molecular formula is C23H24ClN3O3. The first-order valence-electron chi connectivity index (χ1n) is 9.54. The van der Waals surface area contributed by atoms with Crippen LogP contribution >= 0.6 is 11.6 Å². The Labute approximate surface area is 180 Å². The molecule has 1 aromatic heterocycles. The van der Waals surface area contributed by atoms with Gasteiger partial charge in [0.2, 0.25) is 0 Å². The minimum absolute atomic E-state index is 0.237. The first-order chi connectivity index (χ1) is 14.4. The van der Waals surface area contributed by atoms with Crippen LogP contribution < -0.4 is 10.6 Å². The minimum atomic E-state index is -0.290. The van der Waals surface area contributed by atoms with Crippen LogP contribution in [0.15, 0.2) is 54.6 Å². The van der Waals surface area contributed by atoms with E-state index >= 15 is 0 Å². The second kappa shape index (κ2) is 9.61. The Bertz CT molecular complexity index is 1060. The zero-order valence-electron chi connectivity index (χ0n) is 17.2. The van der Waals surface area contributed by atoms with E-state index in [0.717, 1.165) is 17.1 Å². The van der Waals surface area contributed by atoms with E-state index in [1.807, 2.05) is 54.8 Å². The topological polar surface area (TPSA) is 72.4 Å². The van der Waals surface area contributed by atoms with Gasteiger partial charge in [-0.25, -0.2) is 0 Å². The van der Waals surface area contributed by atoms with Gasteiger partial charge >= 0.3 is 0 Å². The number of amides is 2. The maximum absolute atomic E-state index is 12.9. The van der Waals surface area contributed by atoms with Gasteiger partial charge in [0.1, 0.15) is 0 Å². The molecule has 3 rings (SSSR count). The van der Waals surface area contributed by atoms with Gasteiger partial charge in [0, 0.05) is 36.4 Å². The number of methoxy groups -OCH3 is 1. The van der Waals surface area contributed by atoms with Crippen molar-refractivity contribution < 1.29 is 14.3 Å². The van der Waals surface area contributed by atoms with Crippen molar-refractivity contribution >= 4 is 29.1 Å². The van der Waals surface area contributed by atoms with Gasteiger partial charge in [-0.2, -0.15) is 0 Å². The smallest absolute Gasteiger partial charge is 0.257 e. The molecule has 6 nitrogen and oxygen atoms in total. The number of carbonyl (C=O) groups excluding carboxylic acids is 2. The van der Waals surface area contributed by atoms with Crippen molar-refractivity contribution in [2.75, 3.05) is 25.6 Å². The highest BCUT2D eigenvalue weighted by Gasteiger charge is 2.18. The molecule has 0 unspecified atom stereocenters. The molecule has 30 heavy (non-hydrogen) atoms. The molecule has 0 radical (unpaired) electrons. The van der Waals surface area contributed by atoms with E-state index < -0.39 is 0 Å². The van der Waals surface area contributed by atoms with Gasteiger partial charge in [-0.1, -0.05) is 29.8 Å². The Morgan fingerprint density at radius 3 is 2.40 bits per heavy atom. The number of carbonyl (C=O) groups is 2. The number of hydrogen-bond acceptors (Lipinski definition) is 3. The molecule has 2 aromatic carbocycles. The van der Waals surface area contributed by atoms with Crippen LogP contribution in [0.25, 0.3) is 5.69 Å². The van der Waals surface area contributed by atoms with Crippen molar-refractivity contribution in [2.24, 2.45) is 0 Å². The molecule has 1 heterocycles. The predicted octanol–water partition coefficient (Wildman–Crippen LogP) is 4.38. The second-order valence-electron chi connectivity index (χ2n) is 6.85. The molecule has 0 fully saturated rings. The summed E-state index contributed by atoms with van der Waals surface area (Å²) < 4.78 is 6.95. The first kappa shape index (κ1) is 21.6. The van der Waals surface area contributed by atoms with Crippen LogP contribution in [0.2, 0.25) is 5.02 Å². The van der Waals surface area contributed by atoms with Crippen LogP contribution in [0.3, 0.4) is 0 Å². The summed E-state index contributed by atoms with van der Waals surface area (Å²) in [4.78, 5) is 25.0. The summed E-state index contributed by atoms with van der Waals surface area (Å²) in [5, 5.41) is 5.84. The van der Waals surface area contributed by atoms with Gasteiger partial charge in [0.25, 0.3) is 11.8 Å². The number of rotatable bonds is 7. The molecule has 0 bridgehead atoms. The average Bonchev–Trinajstić information content (AvgIpc) is 3.03. The van der Waals surface area contributed by atoms with E-state index in [-0.39, 0.29) is 16.8 Å². The Kier molecular flexibility index (Phi) is 6.92. The lowest BCUT2D eigenvalue weighted by molar-refractivity contribution is 0.0936. The Morgan fingerprint density at radius 2 is 1.73 bits per heavy atom. The number of halogens is 1. The number of ether oxygens (including phenoxy) is 1. The van der Waals surface area contributed by atoms with Crippen molar-refractivity contribution in [1.29, 1.82) is 0 Å². The standard InChI is InChI=1S/C23H24ClN3O3/c1-15-13-20(16(2)27(15)18-7-5-4-6-8-18)23(29)26-17-9-10-19(21(24)14-17)22(28)25-11-12-30-3/h4-10,13-14H,11-12H2,1-3H3,(H,25,28)(H,26,29). The second-order valence-corrected chi connectivity index (χ2v) is 7.26. The fourth-order valence-corrected chi connectivity index (χ4v) is 3.57. The van der Waals surface area contributed by atoms with Gasteiger partial charge in [0.15, 0.2) is 0 Å². The lowest BCUT2D eigenvalue weighted by Crippen LogP contribution is -2.27. The van der Waals surface area contributed by atoms with Crippen molar-refractivity contribution in [2.45, 2.75) is 13.8 Å². The van der Waals surface area contributed by atoms with Crippen LogP contribution in [0.1, 0.15) is 32.1 Å². The normalized spacial score (nSPS) is 10.7. The molecule has 0 aliphatic rings. The molecule has 2 N–H and O–H groups in total. The maximum Gasteiger partial charge on any atom is 0.257 e. The summed E-state index contributed by atoms with van der Waals surface area (Å²) in [5.74, 6) is -0.528. The molecule has 0 saturated carbocycles. The molecule has 156 valence electrons. The predicted molar refractivity (Wildman–Crippen MR) is 119 cm³/mol. The summed E-state index contributed by atoms with van der Waals surface area (Å²) >= 11 is 6.26. The van der Waals surface area contributed by atoms with Gasteiger partial charge in [-0.3, -0.25) is 9.59 Å². The number of nitrogens with one attached hydrogen (secondary N) is 2. The first-order valence-corrected chi connectivity index (χ1v) is 9.92. The average molecular weight is 426 g/mol. The minimum Gasteiger partial charge on any atom is -0.383 e. The van der Waals surface area contributed by atoms with Gasteiger partial charge < -0.3 is 19.9 Å². The van der Waals surface area contributed by atoms with E-state index in [2.05, 4.69) is 10.6 Å². The number of hydrogen-bond donors (Lipinski definition) is 2. The Hall–Kier alpha value is -3.09. The summed E-state index contributed by atoms with van der Waals surface area (Å²) in [6.07, 6.45) is 0. The highest BCUT2D eigenvalue weighted by molar-refractivity contribution is 6.34. The number of benzene rings is 2. The lowest BCUT2D eigenvalue weighted by atomic mass is 10.1. The van der Waals surface area contributed by atoms with Crippen molar-refractivity contribution in [3.8, 4) is 5.69 Å². The monoisotopic (exact) mass is 425 g/mol. The molecule has 0 atom stereocenters. The number of aryl methyl sites for hydroxylation is 1. The van der Waals surface area contributed by atoms with E-state index in [0.29, 0.717) is 30.0 Å². The fraction of sp³-hybridized carbons (Fsp3) is 0.217. The van der Waals surface area contributed by atoms with Crippen LogP contribution in [-0.2, 0) is 4.74 Å². The van der Waals surface area contributed by atoms with Gasteiger partial charge in [-0.15, -0.1) is 0 Å². The third-order valence-electron chi connectivity index (χ3n) is 4.75. The van der Waals surface area contributed by atoms with Crippen molar-refractivity contribution in [3.63, 3.8) is 0 Å². The molecule has 3 aromatic rings. The molecule has 0 saturated heterocycles. The molecule has 0 spiro atoms. The molecule has 0 aliphatic heterocycles. The quantitative estimate of drug-likeness (QED) is 0.552. The van der Waals surface area contributed by atoms with Crippen molar-refractivity contribution in [1.82, 2.24) is 9.88 Å².